The summed E-state index contributed by atoms with van der Waals surface area (Å²) in [4.78, 5) is 54.4. The van der Waals surface area contributed by atoms with E-state index in [1.165, 1.54) is 36.2 Å². The molecule has 10 heteroatoms. The van der Waals surface area contributed by atoms with E-state index in [0.717, 1.165) is 11.3 Å². The van der Waals surface area contributed by atoms with Gasteiger partial charge in [-0.2, -0.15) is 0 Å². The van der Waals surface area contributed by atoms with Crippen molar-refractivity contribution in [2.75, 3.05) is 25.0 Å². The number of ether oxygens (including phenoxy) is 1. The first-order valence-electron chi connectivity index (χ1n) is 11.5. The highest BCUT2D eigenvalue weighted by molar-refractivity contribution is 6.11. The Balaban J connectivity index is 1.61. The Bertz CT molecular complexity index is 1150. The van der Waals surface area contributed by atoms with Gasteiger partial charge < -0.3 is 20.3 Å². The summed E-state index contributed by atoms with van der Waals surface area (Å²) in [5.41, 5.74) is -0.480. The van der Waals surface area contributed by atoms with Crippen molar-refractivity contribution in [2.24, 2.45) is 0 Å². The van der Waals surface area contributed by atoms with Crippen LogP contribution in [0.1, 0.15) is 31.7 Å². The van der Waals surface area contributed by atoms with Crippen LogP contribution in [0.5, 0.6) is 5.75 Å². The molecule has 4 rings (SSSR count). The van der Waals surface area contributed by atoms with Gasteiger partial charge >= 0.3 is 6.03 Å². The van der Waals surface area contributed by atoms with Gasteiger partial charge in [0.1, 0.15) is 23.7 Å². The van der Waals surface area contributed by atoms with Crippen LogP contribution in [0.25, 0.3) is 0 Å². The summed E-state index contributed by atoms with van der Waals surface area (Å²) in [7, 11) is 1.47. The van der Waals surface area contributed by atoms with Crippen LogP contribution in [0.4, 0.5) is 14.9 Å². The molecule has 5 amide bonds. The van der Waals surface area contributed by atoms with Crippen molar-refractivity contribution in [2.45, 2.75) is 37.8 Å². The summed E-state index contributed by atoms with van der Waals surface area (Å²) in [5.74, 6) is -1.62. The third-order valence-corrected chi connectivity index (χ3v) is 6.33. The van der Waals surface area contributed by atoms with Crippen molar-refractivity contribution in [1.82, 2.24) is 15.5 Å². The number of imide groups is 1. The van der Waals surface area contributed by atoms with Crippen molar-refractivity contribution in [3.8, 4) is 5.75 Å². The van der Waals surface area contributed by atoms with Crippen molar-refractivity contribution in [1.29, 1.82) is 0 Å². The molecule has 2 aromatic carbocycles. The third-order valence-electron chi connectivity index (χ3n) is 6.33. The Kier molecular flexibility index (Phi) is 6.72. The number of anilines is 1. The van der Waals surface area contributed by atoms with E-state index >= 15 is 0 Å². The number of hydrogen-bond donors (Lipinski definition) is 2. The fraction of sp³-hybridized carbons (Fsp3) is 0.360. The number of hydrogen-bond acceptors (Lipinski definition) is 5. The predicted molar refractivity (Wildman–Crippen MR) is 125 cm³/mol. The number of fused-ring (bicyclic) bond motifs is 1. The van der Waals surface area contributed by atoms with Crippen LogP contribution < -0.4 is 20.3 Å². The van der Waals surface area contributed by atoms with Gasteiger partial charge in [-0.1, -0.05) is 44.0 Å². The van der Waals surface area contributed by atoms with Crippen LogP contribution in [-0.4, -0.2) is 54.9 Å². The second-order valence-electron chi connectivity index (χ2n) is 8.53. The van der Waals surface area contributed by atoms with E-state index in [-0.39, 0.29) is 6.54 Å². The normalized spacial score (nSPS) is 21.3. The molecule has 0 saturated carbocycles. The predicted octanol–water partition coefficient (Wildman–Crippen LogP) is 2.30. The zero-order valence-corrected chi connectivity index (χ0v) is 19.5. The lowest BCUT2D eigenvalue weighted by molar-refractivity contribution is -0.135. The van der Waals surface area contributed by atoms with Gasteiger partial charge in [0, 0.05) is 7.05 Å². The average Bonchev–Trinajstić information content (AvgIpc) is 3.11. The van der Waals surface area contributed by atoms with E-state index in [9.17, 15) is 23.6 Å². The lowest BCUT2D eigenvalue weighted by atomic mass is 9.85. The van der Waals surface area contributed by atoms with Gasteiger partial charge in [-0.25, -0.2) is 9.18 Å². The number of carbonyl (C=O) groups is 4. The molecular formula is C25H27FN4O5. The lowest BCUT2D eigenvalue weighted by Gasteiger charge is -2.34. The topological polar surface area (TPSA) is 108 Å². The zero-order chi connectivity index (χ0) is 25.2. The largest absolute Gasteiger partial charge is 0.477 e. The van der Waals surface area contributed by atoms with Gasteiger partial charge in [-0.15, -0.1) is 0 Å². The minimum absolute atomic E-state index is 0.0713. The maximum absolute atomic E-state index is 13.6. The van der Waals surface area contributed by atoms with Gasteiger partial charge in [-0.3, -0.25) is 19.3 Å². The molecule has 0 bridgehead atoms. The Morgan fingerprint density at radius 3 is 2.57 bits per heavy atom. The summed E-state index contributed by atoms with van der Waals surface area (Å²) < 4.78 is 19.3. The number of benzene rings is 2. The third kappa shape index (κ3) is 4.43. The minimum atomic E-state index is -1.38. The number of unbranched alkanes of at least 4 members (excludes halogenated alkanes) is 1. The zero-order valence-electron chi connectivity index (χ0n) is 19.5. The van der Waals surface area contributed by atoms with Crippen LogP contribution in [0.2, 0.25) is 0 Å². The van der Waals surface area contributed by atoms with Crippen LogP contribution >= 0.6 is 0 Å². The molecule has 9 nitrogen and oxygen atoms in total. The van der Waals surface area contributed by atoms with Crippen molar-refractivity contribution in [3.63, 3.8) is 0 Å². The summed E-state index contributed by atoms with van der Waals surface area (Å²) in [6.07, 6.45) is 0.778. The van der Waals surface area contributed by atoms with Crippen molar-refractivity contribution >= 4 is 29.4 Å². The van der Waals surface area contributed by atoms with E-state index in [4.69, 9.17) is 4.74 Å². The molecule has 2 aliphatic heterocycles. The van der Waals surface area contributed by atoms with Crippen molar-refractivity contribution < 1.29 is 28.3 Å². The van der Waals surface area contributed by atoms with Crippen molar-refractivity contribution in [3.05, 3.63) is 59.9 Å². The first kappa shape index (κ1) is 24.2. The summed E-state index contributed by atoms with van der Waals surface area (Å²) >= 11 is 0. The minimum Gasteiger partial charge on any atom is -0.477 e. The van der Waals surface area contributed by atoms with E-state index in [1.54, 1.807) is 24.3 Å². The number of rotatable bonds is 7. The molecular weight excluding hydrogens is 455 g/mol. The highest BCUT2D eigenvalue weighted by Crippen LogP contribution is 2.36. The van der Waals surface area contributed by atoms with Gasteiger partial charge in [0.2, 0.25) is 5.91 Å². The smallest absolute Gasteiger partial charge is 0.325 e. The number of likely N-dealkylation sites (N-methyl/N-ethyl adjacent to an activating group) is 1. The molecule has 0 spiro atoms. The molecule has 2 N–H and O–H groups in total. The van der Waals surface area contributed by atoms with Crippen LogP contribution in [0.15, 0.2) is 48.5 Å². The van der Waals surface area contributed by atoms with Crippen LogP contribution in [0.3, 0.4) is 0 Å². The number of nitrogens with one attached hydrogen (secondary N) is 2. The highest BCUT2D eigenvalue weighted by Gasteiger charge is 2.52. The Hall–Kier alpha value is -3.95. The van der Waals surface area contributed by atoms with E-state index < -0.39 is 47.8 Å². The Labute approximate surface area is 202 Å². The highest BCUT2D eigenvalue weighted by atomic mass is 19.1. The summed E-state index contributed by atoms with van der Waals surface area (Å²) in [6, 6.07) is 11.5. The molecule has 184 valence electrons. The molecule has 2 unspecified atom stereocenters. The molecule has 2 aromatic rings. The van der Waals surface area contributed by atoms with E-state index in [1.807, 2.05) is 6.92 Å². The first-order chi connectivity index (χ1) is 16.8. The quantitative estimate of drug-likeness (QED) is 0.589. The van der Waals surface area contributed by atoms with E-state index in [0.29, 0.717) is 29.8 Å². The fourth-order valence-corrected chi connectivity index (χ4v) is 4.44. The molecule has 0 aromatic heterocycles. The number of urea groups is 1. The number of nitrogens with zero attached hydrogens (tertiary/aromatic N) is 2. The molecule has 0 radical (unpaired) electrons. The van der Waals surface area contributed by atoms with Crippen LogP contribution in [0, 0.1) is 5.82 Å². The van der Waals surface area contributed by atoms with Crippen LogP contribution in [-0.2, 0) is 19.9 Å². The van der Waals surface area contributed by atoms with Gasteiger partial charge in [0.05, 0.1) is 12.2 Å². The molecule has 0 aliphatic carbocycles. The summed E-state index contributed by atoms with van der Waals surface area (Å²) in [6.45, 7) is 1.37. The standard InChI is InChI=1S/C25H27FN4O5/c1-3-4-13-25(16-9-11-17(26)12-10-16)23(33)30(24(34)28-25)15-21(31)29-14-20(22(32)27-2)35-19-8-6-5-7-18(19)29/h5-12,20H,3-4,13-15H2,1-2H3,(H,27,32)(H,28,34). The number of carbonyl (C=O) groups excluding carboxylic acids is 4. The number of para-hydroxylation sites is 2. The van der Waals surface area contributed by atoms with Gasteiger partial charge in [0.15, 0.2) is 6.10 Å². The number of amides is 5. The second kappa shape index (κ2) is 9.73. The molecule has 1 fully saturated rings. The molecule has 35 heavy (non-hydrogen) atoms. The molecule has 2 heterocycles. The maximum Gasteiger partial charge on any atom is 0.325 e. The fourth-order valence-electron chi connectivity index (χ4n) is 4.44. The van der Waals surface area contributed by atoms with E-state index in [2.05, 4.69) is 10.6 Å². The Morgan fingerprint density at radius 2 is 1.89 bits per heavy atom. The van der Waals surface area contributed by atoms with Gasteiger partial charge in [-0.05, 0) is 36.2 Å². The molecule has 1 saturated heterocycles. The van der Waals surface area contributed by atoms with Gasteiger partial charge in [0.25, 0.3) is 11.8 Å². The maximum atomic E-state index is 13.6. The Morgan fingerprint density at radius 1 is 1.17 bits per heavy atom. The second-order valence-corrected chi connectivity index (χ2v) is 8.53. The number of halogens is 1. The average molecular weight is 483 g/mol. The molecule has 2 atom stereocenters. The molecule has 2 aliphatic rings. The summed E-state index contributed by atoms with van der Waals surface area (Å²) in [5, 5.41) is 5.26. The SMILES string of the molecule is CCCCC1(c2ccc(F)cc2)NC(=O)N(CC(=O)N2CC(C(=O)NC)Oc3ccccc32)C1=O. The monoisotopic (exact) mass is 482 g/mol. The lowest BCUT2D eigenvalue weighted by Crippen LogP contribution is -2.53. The first-order valence-corrected chi connectivity index (χ1v) is 11.5.